The quantitative estimate of drug-likeness (QED) is 0.892. The number of aromatic amines is 1. The molecular weight excluding hydrogens is 315 g/mol. The topological polar surface area (TPSA) is 67.5 Å². The molecule has 3 heterocycles. The third kappa shape index (κ3) is 3.66. The van der Waals surface area contributed by atoms with Gasteiger partial charge in [0.2, 0.25) is 0 Å². The fourth-order valence-corrected chi connectivity index (χ4v) is 2.96. The summed E-state index contributed by atoms with van der Waals surface area (Å²) in [5.41, 5.74) is -0.518. The summed E-state index contributed by atoms with van der Waals surface area (Å²) in [6.45, 7) is 2.01. The number of carbonyl (C=O) groups excluding carboxylic acids is 1. The molecule has 0 radical (unpaired) electrons. The Morgan fingerprint density at radius 2 is 2.22 bits per heavy atom. The Morgan fingerprint density at radius 1 is 1.39 bits per heavy atom. The Hall–Kier alpha value is -1.61. The summed E-state index contributed by atoms with van der Waals surface area (Å²) in [5.74, 6) is -0.342. The molecular formula is C14H18F3N3O3. The van der Waals surface area contributed by atoms with E-state index in [9.17, 15) is 18.0 Å². The molecule has 0 aromatic carbocycles. The van der Waals surface area contributed by atoms with Gasteiger partial charge in [0, 0.05) is 24.7 Å². The van der Waals surface area contributed by atoms with Crippen LogP contribution in [0.1, 0.15) is 30.1 Å². The van der Waals surface area contributed by atoms with Gasteiger partial charge in [0.15, 0.2) is 11.8 Å². The van der Waals surface area contributed by atoms with Crippen molar-refractivity contribution in [3.05, 3.63) is 17.5 Å². The lowest BCUT2D eigenvalue weighted by Gasteiger charge is -2.35. The molecule has 2 atom stereocenters. The molecule has 2 fully saturated rings. The molecule has 1 aromatic heterocycles. The Morgan fingerprint density at radius 3 is 2.87 bits per heavy atom. The maximum absolute atomic E-state index is 12.6. The molecule has 2 saturated heterocycles. The molecule has 1 aromatic rings. The molecule has 0 spiro atoms. The first-order valence-electron chi connectivity index (χ1n) is 7.56. The monoisotopic (exact) mass is 333 g/mol. The van der Waals surface area contributed by atoms with Crippen molar-refractivity contribution in [2.24, 2.45) is 0 Å². The van der Waals surface area contributed by atoms with E-state index >= 15 is 0 Å². The molecule has 2 aliphatic heterocycles. The van der Waals surface area contributed by atoms with E-state index in [1.165, 1.54) is 0 Å². The van der Waals surface area contributed by atoms with Gasteiger partial charge in [-0.3, -0.25) is 9.89 Å². The Labute approximate surface area is 130 Å². The van der Waals surface area contributed by atoms with Crippen molar-refractivity contribution in [2.75, 3.05) is 32.9 Å². The zero-order chi connectivity index (χ0) is 16.4. The fourth-order valence-electron chi connectivity index (χ4n) is 2.96. The second-order valence-corrected chi connectivity index (χ2v) is 5.76. The molecule has 2 aliphatic rings. The van der Waals surface area contributed by atoms with Crippen molar-refractivity contribution >= 4 is 5.91 Å². The van der Waals surface area contributed by atoms with Crippen LogP contribution in [0.5, 0.6) is 0 Å². The van der Waals surface area contributed by atoms with Gasteiger partial charge in [-0.05, 0) is 18.9 Å². The van der Waals surface area contributed by atoms with E-state index in [0.29, 0.717) is 38.4 Å². The number of aromatic nitrogens is 2. The van der Waals surface area contributed by atoms with Gasteiger partial charge in [-0.1, -0.05) is 0 Å². The van der Waals surface area contributed by atoms with Crippen LogP contribution in [0.2, 0.25) is 0 Å². The summed E-state index contributed by atoms with van der Waals surface area (Å²) in [4.78, 5) is 14.1. The highest BCUT2D eigenvalue weighted by atomic mass is 19.4. The Balaban J connectivity index is 1.66. The maximum atomic E-state index is 12.6. The number of H-pyrrole nitrogens is 1. The maximum Gasteiger partial charge on any atom is 0.435 e. The SMILES string of the molecule is O=C([C@@H]1COCCO1)N1CCC[C@H](c2cc(C(F)(F)F)n[nH]2)C1. The number of nitrogens with one attached hydrogen (secondary N) is 1. The van der Waals surface area contributed by atoms with E-state index in [2.05, 4.69) is 10.2 Å². The number of likely N-dealkylation sites (tertiary alicyclic amines) is 1. The Bertz CT molecular complexity index is 555. The minimum atomic E-state index is -4.47. The smallest absolute Gasteiger partial charge is 0.376 e. The number of alkyl halides is 3. The number of rotatable bonds is 2. The highest BCUT2D eigenvalue weighted by Gasteiger charge is 2.36. The summed E-state index contributed by atoms with van der Waals surface area (Å²) < 4.78 is 48.5. The van der Waals surface area contributed by atoms with Crippen LogP contribution in [0.15, 0.2) is 6.07 Å². The largest absolute Gasteiger partial charge is 0.435 e. The van der Waals surface area contributed by atoms with Crippen LogP contribution in [-0.2, 0) is 20.4 Å². The minimum Gasteiger partial charge on any atom is -0.376 e. The van der Waals surface area contributed by atoms with Gasteiger partial charge < -0.3 is 14.4 Å². The van der Waals surface area contributed by atoms with Gasteiger partial charge in [-0.25, -0.2) is 0 Å². The normalized spacial score (nSPS) is 26.3. The zero-order valence-electron chi connectivity index (χ0n) is 12.4. The lowest BCUT2D eigenvalue weighted by Crippen LogP contribution is -2.48. The average molecular weight is 333 g/mol. The van der Waals surface area contributed by atoms with E-state index in [1.807, 2.05) is 0 Å². The molecule has 0 bridgehead atoms. The summed E-state index contributed by atoms with van der Waals surface area (Å²) in [6, 6.07) is 1.03. The summed E-state index contributed by atoms with van der Waals surface area (Å²) in [7, 11) is 0. The van der Waals surface area contributed by atoms with E-state index < -0.39 is 18.0 Å². The predicted molar refractivity (Wildman–Crippen MR) is 72.7 cm³/mol. The van der Waals surface area contributed by atoms with Crippen LogP contribution in [-0.4, -0.2) is 60.0 Å². The molecule has 128 valence electrons. The van der Waals surface area contributed by atoms with Gasteiger partial charge in [-0.15, -0.1) is 0 Å². The fraction of sp³-hybridized carbons (Fsp3) is 0.714. The first-order valence-corrected chi connectivity index (χ1v) is 7.56. The number of hydrogen-bond donors (Lipinski definition) is 1. The molecule has 0 aliphatic carbocycles. The van der Waals surface area contributed by atoms with Crippen LogP contribution in [0, 0.1) is 0 Å². The van der Waals surface area contributed by atoms with Crippen LogP contribution >= 0.6 is 0 Å². The Kier molecular flexibility index (Phi) is 4.58. The van der Waals surface area contributed by atoms with Gasteiger partial charge in [0.1, 0.15) is 0 Å². The number of amides is 1. The number of ether oxygens (including phenoxy) is 2. The van der Waals surface area contributed by atoms with Gasteiger partial charge in [0.05, 0.1) is 19.8 Å². The first-order chi connectivity index (χ1) is 10.9. The van der Waals surface area contributed by atoms with E-state index in [1.54, 1.807) is 4.90 Å². The third-order valence-electron chi connectivity index (χ3n) is 4.15. The molecule has 23 heavy (non-hydrogen) atoms. The highest BCUT2D eigenvalue weighted by Crippen LogP contribution is 2.32. The van der Waals surface area contributed by atoms with Gasteiger partial charge >= 0.3 is 6.18 Å². The molecule has 0 unspecified atom stereocenters. The number of carbonyl (C=O) groups is 1. The van der Waals surface area contributed by atoms with Crippen LogP contribution in [0.4, 0.5) is 13.2 Å². The summed E-state index contributed by atoms with van der Waals surface area (Å²) >= 11 is 0. The first kappa shape index (κ1) is 16.3. The predicted octanol–water partition coefficient (Wildman–Crippen LogP) is 1.55. The highest BCUT2D eigenvalue weighted by molar-refractivity contribution is 5.81. The zero-order valence-corrected chi connectivity index (χ0v) is 12.4. The van der Waals surface area contributed by atoms with Gasteiger partial charge in [-0.2, -0.15) is 18.3 Å². The van der Waals surface area contributed by atoms with Crippen molar-refractivity contribution in [1.29, 1.82) is 0 Å². The lowest BCUT2D eigenvalue weighted by molar-refractivity contribution is -0.159. The average Bonchev–Trinajstić information content (AvgIpc) is 3.05. The van der Waals surface area contributed by atoms with E-state index in [-0.39, 0.29) is 18.4 Å². The minimum absolute atomic E-state index is 0.162. The molecule has 1 amide bonds. The third-order valence-corrected chi connectivity index (χ3v) is 4.15. The molecule has 0 saturated carbocycles. The second kappa shape index (κ2) is 6.48. The van der Waals surface area contributed by atoms with Crippen molar-refractivity contribution in [3.8, 4) is 0 Å². The standard InChI is InChI=1S/C14H18F3N3O3/c15-14(16,17)12-6-10(18-19-12)9-2-1-3-20(7-9)13(21)11-8-22-4-5-23-11/h6,9,11H,1-5,7-8H2,(H,18,19)/t9-,11-/m0/s1. The second-order valence-electron chi connectivity index (χ2n) is 5.76. The van der Waals surface area contributed by atoms with Crippen LogP contribution < -0.4 is 0 Å². The summed E-state index contributed by atoms with van der Waals surface area (Å²) in [5, 5.41) is 5.78. The number of hydrogen-bond acceptors (Lipinski definition) is 4. The molecule has 1 N–H and O–H groups in total. The molecule has 3 rings (SSSR count). The van der Waals surface area contributed by atoms with E-state index in [0.717, 1.165) is 12.5 Å². The van der Waals surface area contributed by atoms with E-state index in [4.69, 9.17) is 9.47 Å². The van der Waals surface area contributed by atoms with Crippen molar-refractivity contribution in [3.63, 3.8) is 0 Å². The summed E-state index contributed by atoms with van der Waals surface area (Å²) in [6.07, 6.45) is -3.64. The van der Waals surface area contributed by atoms with Crippen LogP contribution in [0.25, 0.3) is 0 Å². The van der Waals surface area contributed by atoms with Crippen LogP contribution in [0.3, 0.4) is 0 Å². The van der Waals surface area contributed by atoms with Gasteiger partial charge in [0.25, 0.3) is 5.91 Å². The number of nitrogens with zero attached hydrogens (tertiary/aromatic N) is 2. The number of piperidine rings is 1. The molecule has 6 nitrogen and oxygen atoms in total. The number of halogens is 3. The lowest BCUT2D eigenvalue weighted by atomic mass is 9.94. The molecule has 9 heteroatoms. The van der Waals surface area contributed by atoms with Crippen molar-refractivity contribution < 1.29 is 27.4 Å². The van der Waals surface area contributed by atoms with Crippen molar-refractivity contribution in [2.45, 2.75) is 31.0 Å². The van der Waals surface area contributed by atoms with Crippen molar-refractivity contribution in [1.82, 2.24) is 15.1 Å².